The van der Waals surface area contributed by atoms with E-state index in [1.165, 1.54) is 0 Å². The maximum atomic E-state index is 5.82. The van der Waals surface area contributed by atoms with Crippen LogP contribution in [0.25, 0.3) is 0 Å². The second-order valence-corrected chi connectivity index (χ2v) is 3.81. The minimum atomic E-state index is 0.188. The van der Waals surface area contributed by atoms with Crippen LogP contribution in [-0.2, 0) is 0 Å². The number of rotatable bonds is 5. The fraction of sp³-hybridized carbons (Fsp3) is 0.500. The van der Waals surface area contributed by atoms with E-state index in [1.807, 2.05) is 25.1 Å². The number of methoxy groups -OCH3 is 1. The molecule has 0 aliphatic carbocycles. The number of aromatic nitrogens is 1. The molecule has 0 bridgehead atoms. The van der Waals surface area contributed by atoms with E-state index in [9.17, 15) is 0 Å². The summed E-state index contributed by atoms with van der Waals surface area (Å²) in [6.45, 7) is 2.80. The Hall–Kier alpha value is -0.960. The van der Waals surface area contributed by atoms with E-state index in [-0.39, 0.29) is 5.38 Å². The van der Waals surface area contributed by atoms with E-state index in [0.29, 0.717) is 5.88 Å². The van der Waals surface area contributed by atoms with Gasteiger partial charge in [0.15, 0.2) is 0 Å². The average molecular weight is 215 g/mol. The molecule has 1 heterocycles. The highest BCUT2D eigenvalue weighted by atomic mass is 35.5. The Morgan fingerprint density at radius 2 is 2.36 bits per heavy atom. The lowest BCUT2D eigenvalue weighted by Crippen LogP contribution is -2.07. The lowest BCUT2D eigenvalue weighted by atomic mass is 10.3. The van der Waals surface area contributed by atoms with Crippen LogP contribution in [0.5, 0.6) is 5.88 Å². The summed E-state index contributed by atoms with van der Waals surface area (Å²) in [5.74, 6) is 1.44. The molecular weight excluding hydrogens is 200 g/mol. The topological polar surface area (TPSA) is 34.1 Å². The van der Waals surface area contributed by atoms with Crippen LogP contribution in [0, 0.1) is 0 Å². The number of halogens is 1. The largest absolute Gasteiger partial charge is 0.481 e. The minimum absolute atomic E-state index is 0.188. The Labute approximate surface area is 89.4 Å². The van der Waals surface area contributed by atoms with Crippen molar-refractivity contribution in [3.05, 3.63) is 18.2 Å². The van der Waals surface area contributed by atoms with Crippen molar-refractivity contribution < 1.29 is 4.74 Å². The van der Waals surface area contributed by atoms with E-state index in [1.54, 1.807) is 7.11 Å². The molecule has 0 radical (unpaired) electrons. The SMILES string of the molecule is COc1cccc(NCCC(C)Cl)n1. The summed E-state index contributed by atoms with van der Waals surface area (Å²) < 4.78 is 5.01. The number of hydrogen-bond acceptors (Lipinski definition) is 3. The van der Waals surface area contributed by atoms with Crippen molar-refractivity contribution in [2.24, 2.45) is 0 Å². The fourth-order valence-electron chi connectivity index (χ4n) is 1.03. The molecule has 0 aliphatic heterocycles. The maximum Gasteiger partial charge on any atom is 0.214 e. The minimum Gasteiger partial charge on any atom is -0.481 e. The zero-order valence-corrected chi connectivity index (χ0v) is 9.21. The third-order valence-corrected chi connectivity index (χ3v) is 2.00. The van der Waals surface area contributed by atoms with E-state index >= 15 is 0 Å². The number of nitrogens with zero attached hydrogens (tertiary/aromatic N) is 1. The van der Waals surface area contributed by atoms with Gasteiger partial charge < -0.3 is 10.1 Å². The highest BCUT2D eigenvalue weighted by molar-refractivity contribution is 6.20. The second-order valence-electron chi connectivity index (χ2n) is 3.06. The van der Waals surface area contributed by atoms with Crippen molar-refractivity contribution in [3.8, 4) is 5.88 Å². The summed E-state index contributed by atoms with van der Waals surface area (Å²) >= 11 is 5.82. The Bertz CT molecular complexity index is 279. The Morgan fingerprint density at radius 3 is 3.00 bits per heavy atom. The van der Waals surface area contributed by atoms with Gasteiger partial charge in [-0.05, 0) is 19.4 Å². The molecule has 0 spiro atoms. The predicted molar refractivity (Wildman–Crippen MR) is 59.2 cm³/mol. The molecule has 1 unspecified atom stereocenters. The Morgan fingerprint density at radius 1 is 1.57 bits per heavy atom. The van der Waals surface area contributed by atoms with Crippen molar-refractivity contribution in [3.63, 3.8) is 0 Å². The normalized spacial score (nSPS) is 12.2. The molecule has 3 nitrogen and oxygen atoms in total. The molecule has 1 N–H and O–H groups in total. The monoisotopic (exact) mass is 214 g/mol. The zero-order chi connectivity index (χ0) is 10.4. The molecule has 78 valence electrons. The summed E-state index contributed by atoms with van der Waals surface area (Å²) in [5.41, 5.74) is 0. The molecule has 1 aromatic rings. The number of pyridine rings is 1. The first-order valence-corrected chi connectivity index (χ1v) is 5.05. The second kappa shape index (κ2) is 5.70. The van der Waals surface area contributed by atoms with Gasteiger partial charge in [-0.15, -0.1) is 11.6 Å². The van der Waals surface area contributed by atoms with Crippen LogP contribution in [0.2, 0.25) is 0 Å². The molecule has 0 saturated carbocycles. The third kappa shape index (κ3) is 3.83. The summed E-state index contributed by atoms with van der Waals surface area (Å²) in [4.78, 5) is 4.21. The molecule has 0 aromatic carbocycles. The molecule has 14 heavy (non-hydrogen) atoms. The Balaban J connectivity index is 2.42. The highest BCUT2D eigenvalue weighted by Crippen LogP contribution is 2.10. The van der Waals surface area contributed by atoms with Gasteiger partial charge in [-0.25, -0.2) is 0 Å². The molecule has 0 saturated heterocycles. The van der Waals surface area contributed by atoms with Crippen LogP contribution in [-0.4, -0.2) is 24.0 Å². The molecule has 0 fully saturated rings. The van der Waals surface area contributed by atoms with Crippen molar-refractivity contribution in [2.45, 2.75) is 18.7 Å². The number of nitrogens with one attached hydrogen (secondary N) is 1. The first-order chi connectivity index (χ1) is 6.72. The summed E-state index contributed by atoms with van der Waals surface area (Å²) in [7, 11) is 1.60. The van der Waals surface area contributed by atoms with E-state index in [2.05, 4.69) is 10.3 Å². The van der Waals surface area contributed by atoms with Crippen LogP contribution in [0.15, 0.2) is 18.2 Å². The van der Waals surface area contributed by atoms with Gasteiger partial charge >= 0.3 is 0 Å². The quantitative estimate of drug-likeness (QED) is 0.765. The van der Waals surface area contributed by atoms with Crippen molar-refractivity contribution >= 4 is 17.4 Å². The van der Waals surface area contributed by atoms with Gasteiger partial charge in [0.2, 0.25) is 5.88 Å². The third-order valence-electron chi connectivity index (χ3n) is 1.78. The predicted octanol–water partition coefficient (Wildman–Crippen LogP) is 2.52. The van der Waals surface area contributed by atoms with Gasteiger partial charge in [-0.3, -0.25) is 0 Å². The van der Waals surface area contributed by atoms with Gasteiger partial charge in [0.1, 0.15) is 5.82 Å². The number of alkyl halides is 1. The van der Waals surface area contributed by atoms with E-state index in [0.717, 1.165) is 18.8 Å². The number of hydrogen-bond donors (Lipinski definition) is 1. The van der Waals surface area contributed by atoms with Gasteiger partial charge in [-0.2, -0.15) is 4.98 Å². The number of anilines is 1. The van der Waals surface area contributed by atoms with Crippen LogP contribution in [0.4, 0.5) is 5.82 Å². The summed E-state index contributed by atoms with van der Waals surface area (Å²) in [6.07, 6.45) is 0.917. The highest BCUT2D eigenvalue weighted by Gasteiger charge is 1.98. The van der Waals surface area contributed by atoms with E-state index in [4.69, 9.17) is 16.3 Å². The zero-order valence-electron chi connectivity index (χ0n) is 8.46. The van der Waals surface area contributed by atoms with Gasteiger partial charge in [0.25, 0.3) is 0 Å². The molecule has 0 aliphatic rings. The van der Waals surface area contributed by atoms with Crippen LogP contribution >= 0.6 is 11.6 Å². The smallest absolute Gasteiger partial charge is 0.214 e. The van der Waals surface area contributed by atoms with Crippen molar-refractivity contribution in [1.82, 2.24) is 4.98 Å². The molecular formula is C10H15ClN2O. The van der Waals surface area contributed by atoms with Gasteiger partial charge in [0, 0.05) is 18.0 Å². The standard InChI is InChI=1S/C10H15ClN2O/c1-8(11)6-7-12-9-4-3-5-10(13-9)14-2/h3-5,8H,6-7H2,1-2H3,(H,12,13). The lowest BCUT2D eigenvalue weighted by molar-refractivity contribution is 0.398. The lowest BCUT2D eigenvalue weighted by Gasteiger charge is -2.07. The summed E-state index contributed by atoms with van der Waals surface area (Å²) in [6, 6.07) is 5.62. The summed E-state index contributed by atoms with van der Waals surface area (Å²) in [5, 5.41) is 3.36. The average Bonchev–Trinajstić information content (AvgIpc) is 2.18. The molecule has 0 amide bonds. The number of ether oxygens (including phenoxy) is 1. The molecule has 1 atom stereocenters. The van der Waals surface area contributed by atoms with Crippen LogP contribution in [0.1, 0.15) is 13.3 Å². The van der Waals surface area contributed by atoms with Gasteiger partial charge in [0.05, 0.1) is 7.11 Å². The van der Waals surface area contributed by atoms with Crippen LogP contribution < -0.4 is 10.1 Å². The first-order valence-electron chi connectivity index (χ1n) is 4.61. The molecule has 4 heteroatoms. The first kappa shape index (κ1) is 11.1. The maximum absolute atomic E-state index is 5.82. The van der Waals surface area contributed by atoms with Crippen molar-refractivity contribution in [2.75, 3.05) is 19.0 Å². The molecule has 1 aromatic heterocycles. The van der Waals surface area contributed by atoms with Crippen LogP contribution in [0.3, 0.4) is 0 Å². The van der Waals surface area contributed by atoms with Crippen molar-refractivity contribution in [1.29, 1.82) is 0 Å². The Kier molecular flexibility index (Phi) is 4.53. The van der Waals surface area contributed by atoms with Gasteiger partial charge in [-0.1, -0.05) is 6.07 Å². The molecule has 1 rings (SSSR count). The fourth-order valence-corrected chi connectivity index (χ4v) is 1.14. The van der Waals surface area contributed by atoms with E-state index < -0.39 is 0 Å².